The number of methoxy groups -OCH3 is 1. The number of rotatable bonds is 3. The lowest BCUT2D eigenvalue weighted by atomic mass is 9.92. The lowest BCUT2D eigenvalue weighted by Crippen LogP contribution is -2.43. The minimum atomic E-state index is -0.339. The first-order chi connectivity index (χ1) is 15.9. The normalized spacial score (nSPS) is 15.4. The van der Waals surface area contributed by atoms with E-state index >= 15 is 0 Å². The van der Waals surface area contributed by atoms with Crippen LogP contribution in [-0.4, -0.2) is 29.6 Å². The average molecular weight is 444 g/mol. The van der Waals surface area contributed by atoms with Gasteiger partial charge >= 0.3 is 6.03 Å². The standard InChI is InChI=1S/C27H26FN3O2/c1-16-4-7-18(8-5-16)26-25-21(22-15-20(33-3)10-11-24(22)30-25)12-13-31(26)27(32)29-19-9-6-17(2)23(28)14-19/h4-11,14-15,26,30H,12-13H2,1-3H3,(H,29,32)/t26-/m1/s1. The first-order valence-corrected chi connectivity index (χ1v) is 11.0. The molecule has 6 heteroatoms. The maximum absolute atomic E-state index is 14.0. The Bertz CT molecular complexity index is 1340. The van der Waals surface area contributed by atoms with Crippen molar-refractivity contribution in [3.63, 3.8) is 0 Å². The van der Waals surface area contributed by atoms with Crippen LogP contribution < -0.4 is 10.1 Å². The molecule has 0 saturated carbocycles. The molecular formula is C27H26FN3O2. The zero-order valence-electron chi connectivity index (χ0n) is 18.9. The molecule has 2 amide bonds. The van der Waals surface area contributed by atoms with Gasteiger partial charge in [-0.1, -0.05) is 35.9 Å². The Hall–Kier alpha value is -3.80. The molecule has 1 aliphatic heterocycles. The quantitative estimate of drug-likeness (QED) is 0.401. The lowest BCUT2D eigenvalue weighted by molar-refractivity contribution is 0.193. The second-order valence-electron chi connectivity index (χ2n) is 8.58. The smallest absolute Gasteiger partial charge is 0.322 e. The molecule has 33 heavy (non-hydrogen) atoms. The van der Waals surface area contributed by atoms with Crippen molar-refractivity contribution in [2.75, 3.05) is 19.0 Å². The zero-order valence-corrected chi connectivity index (χ0v) is 18.9. The molecule has 0 saturated heterocycles. The number of aromatic amines is 1. The summed E-state index contributed by atoms with van der Waals surface area (Å²) in [6.07, 6.45) is 0.709. The van der Waals surface area contributed by atoms with Gasteiger partial charge in [-0.05, 0) is 67.3 Å². The van der Waals surface area contributed by atoms with Crippen LogP contribution in [0.4, 0.5) is 14.9 Å². The van der Waals surface area contributed by atoms with E-state index in [1.807, 2.05) is 30.0 Å². The second-order valence-corrected chi connectivity index (χ2v) is 8.58. The molecule has 0 fully saturated rings. The van der Waals surface area contributed by atoms with Crippen LogP contribution in [0.2, 0.25) is 0 Å². The molecule has 0 bridgehead atoms. The molecule has 168 valence electrons. The molecule has 5 rings (SSSR count). The third-order valence-corrected chi connectivity index (χ3v) is 6.41. The van der Waals surface area contributed by atoms with Crippen molar-refractivity contribution in [1.82, 2.24) is 9.88 Å². The summed E-state index contributed by atoms with van der Waals surface area (Å²) in [4.78, 5) is 18.8. The van der Waals surface area contributed by atoms with E-state index in [1.165, 1.54) is 11.6 Å². The van der Waals surface area contributed by atoms with Gasteiger partial charge in [-0.3, -0.25) is 0 Å². The highest BCUT2D eigenvalue weighted by atomic mass is 19.1. The van der Waals surface area contributed by atoms with Crippen LogP contribution in [0.15, 0.2) is 60.7 Å². The number of nitrogens with one attached hydrogen (secondary N) is 2. The van der Waals surface area contributed by atoms with Gasteiger partial charge < -0.3 is 19.9 Å². The number of carbonyl (C=O) groups is 1. The molecule has 0 spiro atoms. The number of H-pyrrole nitrogens is 1. The highest BCUT2D eigenvalue weighted by Crippen LogP contribution is 2.39. The molecule has 1 aromatic heterocycles. The number of benzene rings is 3. The Labute approximate surface area is 192 Å². The van der Waals surface area contributed by atoms with Crippen LogP contribution >= 0.6 is 0 Å². The molecule has 1 atom stereocenters. The molecule has 0 unspecified atom stereocenters. The van der Waals surface area contributed by atoms with Gasteiger partial charge in [0.1, 0.15) is 11.6 Å². The highest BCUT2D eigenvalue weighted by Gasteiger charge is 2.34. The summed E-state index contributed by atoms with van der Waals surface area (Å²) in [5, 5.41) is 4.00. The molecule has 0 radical (unpaired) electrons. The van der Waals surface area contributed by atoms with E-state index in [1.54, 1.807) is 26.2 Å². The summed E-state index contributed by atoms with van der Waals surface area (Å²) >= 11 is 0. The van der Waals surface area contributed by atoms with Gasteiger partial charge in [-0.15, -0.1) is 0 Å². The average Bonchev–Trinajstić information content (AvgIpc) is 3.19. The summed E-state index contributed by atoms with van der Waals surface area (Å²) in [6.45, 7) is 4.28. The summed E-state index contributed by atoms with van der Waals surface area (Å²) < 4.78 is 19.5. The van der Waals surface area contributed by atoms with Crippen molar-refractivity contribution in [3.05, 3.63) is 94.4 Å². The van der Waals surface area contributed by atoms with E-state index in [-0.39, 0.29) is 17.9 Å². The summed E-state index contributed by atoms with van der Waals surface area (Å²) in [6, 6.07) is 18.4. The number of fused-ring (bicyclic) bond motifs is 3. The Morgan fingerprint density at radius 1 is 1.09 bits per heavy atom. The fourth-order valence-corrected chi connectivity index (χ4v) is 4.57. The van der Waals surface area contributed by atoms with E-state index in [0.29, 0.717) is 24.2 Å². The van der Waals surface area contributed by atoms with Crippen LogP contribution in [0.1, 0.15) is 34.0 Å². The van der Waals surface area contributed by atoms with E-state index < -0.39 is 0 Å². The minimum Gasteiger partial charge on any atom is -0.497 e. The van der Waals surface area contributed by atoms with Crippen LogP contribution in [0, 0.1) is 19.7 Å². The third kappa shape index (κ3) is 3.82. The van der Waals surface area contributed by atoms with Gasteiger partial charge in [0.2, 0.25) is 0 Å². The number of aromatic nitrogens is 1. The van der Waals surface area contributed by atoms with Crippen LogP contribution in [0.25, 0.3) is 10.9 Å². The fraction of sp³-hybridized carbons (Fsp3) is 0.222. The SMILES string of the molecule is COc1ccc2[nH]c3c(c2c1)CCN(C(=O)Nc1ccc(C)c(F)c1)[C@@H]3c1ccc(C)cc1. The van der Waals surface area contributed by atoms with Gasteiger partial charge in [0, 0.05) is 28.8 Å². The number of amides is 2. The molecule has 0 aliphatic carbocycles. The van der Waals surface area contributed by atoms with Crippen molar-refractivity contribution in [3.8, 4) is 5.75 Å². The van der Waals surface area contributed by atoms with Crippen molar-refractivity contribution in [2.24, 2.45) is 0 Å². The Morgan fingerprint density at radius 3 is 2.61 bits per heavy atom. The maximum Gasteiger partial charge on any atom is 0.322 e. The molecular weight excluding hydrogens is 417 g/mol. The third-order valence-electron chi connectivity index (χ3n) is 6.41. The maximum atomic E-state index is 14.0. The number of hydrogen-bond acceptors (Lipinski definition) is 2. The lowest BCUT2D eigenvalue weighted by Gasteiger charge is -2.36. The first-order valence-electron chi connectivity index (χ1n) is 11.0. The number of halogens is 1. The molecule has 4 aromatic rings. The van der Waals surface area contributed by atoms with E-state index in [9.17, 15) is 9.18 Å². The number of anilines is 1. The van der Waals surface area contributed by atoms with Crippen LogP contribution in [-0.2, 0) is 6.42 Å². The van der Waals surface area contributed by atoms with Gasteiger partial charge in [-0.2, -0.15) is 0 Å². The highest BCUT2D eigenvalue weighted by molar-refractivity contribution is 5.92. The first kappa shape index (κ1) is 21.1. The predicted molar refractivity (Wildman–Crippen MR) is 128 cm³/mol. The minimum absolute atomic E-state index is 0.259. The number of carbonyl (C=O) groups excluding carboxylic acids is 1. The molecule has 2 heterocycles. The number of ether oxygens (including phenoxy) is 1. The van der Waals surface area contributed by atoms with Crippen LogP contribution in [0.3, 0.4) is 0 Å². The zero-order chi connectivity index (χ0) is 23.1. The monoisotopic (exact) mass is 443 g/mol. The largest absolute Gasteiger partial charge is 0.497 e. The molecule has 2 N–H and O–H groups in total. The Morgan fingerprint density at radius 2 is 1.88 bits per heavy atom. The van der Waals surface area contributed by atoms with Gasteiger partial charge in [0.05, 0.1) is 13.2 Å². The summed E-state index contributed by atoms with van der Waals surface area (Å²) in [7, 11) is 1.66. The van der Waals surface area contributed by atoms with Crippen molar-refractivity contribution < 1.29 is 13.9 Å². The van der Waals surface area contributed by atoms with Gasteiger partial charge in [0.25, 0.3) is 0 Å². The second kappa shape index (κ2) is 8.28. The number of nitrogens with zero attached hydrogens (tertiary/aromatic N) is 1. The summed E-state index contributed by atoms with van der Waals surface area (Å²) in [5.41, 5.74) is 6.37. The van der Waals surface area contributed by atoms with E-state index in [4.69, 9.17) is 4.74 Å². The fourth-order valence-electron chi connectivity index (χ4n) is 4.57. The molecule has 5 nitrogen and oxygen atoms in total. The van der Waals surface area contributed by atoms with Crippen molar-refractivity contribution in [2.45, 2.75) is 26.3 Å². The number of aryl methyl sites for hydroxylation is 2. The number of hydrogen-bond donors (Lipinski definition) is 2. The van der Waals surface area contributed by atoms with Gasteiger partial charge in [0.15, 0.2) is 0 Å². The van der Waals surface area contributed by atoms with Gasteiger partial charge in [-0.25, -0.2) is 9.18 Å². The van der Waals surface area contributed by atoms with Crippen molar-refractivity contribution in [1.29, 1.82) is 0 Å². The number of urea groups is 1. The Balaban J connectivity index is 1.57. The molecule has 1 aliphatic rings. The topological polar surface area (TPSA) is 57.4 Å². The Kier molecular flexibility index (Phi) is 5.29. The summed E-state index contributed by atoms with van der Waals surface area (Å²) in [5.74, 6) is 0.464. The molecule has 3 aromatic carbocycles. The van der Waals surface area contributed by atoms with Crippen molar-refractivity contribution >= 4 is 22.6 Å². The van der Waals surface area contributed by atoms with E-state index in [0.717, 1.165) is 33.5 Å². The van der Waals surface area contributed by atoms with Crippen LogP contribution in [0.5, 0.6) is 5.75 Å². The van der Waals surface area contributed by atoms with E-state index in [2.05, 4.69) is 34.6 Å². The predicted octanol–water partition coefficient (Wildman–Crippen LogP) is 6.11.